The Hall–Kier alpha value is -2.86. The van der Waals surface area contributed by atoms with E-state index in [0.29, 0.717) is 32.4 Å². The van der Waals surface area contributed by atoms with Gasteiger partial charge in [0.25, 0.3) is 0 Å². The van der Waals surface area contributed by atoms with Crippen LogP contribution in [0.25, 0.3) is 0 Å². The van der Waals surface area contributed by atoms with E-state index in [1.807, 2.05) is 29.2 Å². The van der Waals surface area contributed by atoms with Crippen molar-refractivity contribution in [3.63, 3.8) is 0 Å². The number of amides is 1. The Morgan fingerprint density at radius 2 is 1.71 bits per heavy atom. The third-order valence-corrected chi connectivity index (χ3v) is 5.75. The lowest BCUT2D eigenvalue weighted by Gasteiger charge is -2.45. The van der Waals surface area contributed by atoms with Crippen molar-refractivity contribution in [2.45, 2.75) is 37.9 Å². The molecule has 0 unspecified atom stereocenters. The van der Waals surface area contributed by atoms with Crippen LogP contribution < -0.4 is 5.32 Å². The lowest BCUT2D eigenvalue weighted by Crippen LogP contribution is -2.56. The minimum Gasteiger partial charge on any atom is -0.508 e. The number of phenols is 2. The molecule has 2 heterocycles. The van der Waals surface area contributed by atoms with Gasteiger partial charge in [-0.2, -0.15) is 0 Å². The molecular weight excluding hydrogens is 354 g/mol. The number of benzene rings is 2. The Labute approximate surface area is 164 Å². The molecule has 0 aromatic heterocycles. The Morgan fingerprint density at radius 3 is 2.36 bits per heavy atom. The number of nitrogens with one attached hydrogen (secondary N) is 1. The number of likely N-dealkylation sites (tertiary alicyclic amines) is 1. The van der Waals surface area contributed by atoms with Gasteiger partial charge in [0.1, 0.15) is 17.2 Å². The number of rotatable bonds is 2. The molecule has 1 atom stereocenters. The van der Waals surface area contributed by atoms with Gasteiger partial charge in [-0.3, -0.25) is 15.1 Å². The number of aromatic hydroxyl groups is 2. The second kappa shape index (κ2) is 7.28. The Balaban J connectivity index is 1.73. The zero-order valence-electron chi connectivity index (χ0n) is 15.9. The largest absolute Gasteiger partial charge is 0.508 e. The van der Waals surface area contributed by atoms with Crippen molar-refractivity contribution < 1.29 is 15.0 Å². The van der Waals surface area contributed by atoms with Gasteiger partial charge in [0.15, 0.2) is 0 Å². The third-order valence-electron chi connectivity index (χ3n) is 5.75. The van der Waals surface area contributed by atoms with E-state index in [9.17, 15) is 15.0 Å². The molecule has 1 amide bonds. The average Bonchev–Trinajstić information content (AvgIpc) is 2.68. The smallest absolute Gasteiger partial charge is 0.219 e. The zero-order chi connectivity index (χ0) is 19.7. The van der Waals surface area contributed by atoms with E-state index in [1.165, 1.54) is 0 Å². The zero-order valence-corrected chi connectivity index (χ0v) is 15.9. The van der Waals surface area contributed by atoms with Crippen LogP contribution in [0.1, 0.15) is 43.4 Å². The lowest BCUT2D eigenvalue weighted by atomic mass is 9.87. The van der Waals surface area contributed by atoms with Gasteiger partial charge in [0, 0.05) is 62.2 Å². The van der Waals surface area contributed by atoms with Crippen molar-refractivity contribution in [1.82, 2.24) is 10.2 Å². The van der Waals surface area contributed by atoms with Crippen molar-refractivity contribution in [1.29, 1.82) is 0 Å². The predicted molar refractivity (Wildman–Crippen MR) is 107 cm³/mol. The maximum atomic E-state index is 11.7. The quantitative estimate of drug-likeness (QED) is 0.749. The van der Waals surface area contributed by atoms with Crippen LogP contribution in [0, 0.1) is 0 Å². The van der Waals surface area contributed by atoms with Crippen LogP contribution in [-0.4, -0.2) is 45.5 Å². The summed E-state index contributed by atoms with van der Waals surface area (Å²) in [6.07, 6.45) is 1.94. The first-order valence-electron chi connectivity index (χ1n) is 9.66. The molecule has 0 radical (unpaired) electrons. The summed E-state index contributed by atoms with van der Waals surface area (Å²) in [6.45, 7) is 2.86. The minimum absolute atomic E-state index is 0.0767. The summed E-state index contributed by atoms with van der Waals surface area (Å²) in [5.74, 6) is 0.526. The summed E-state index contributed by atoms with van der Waals surface area (Å²) in [5, 5.41) is 24.4. The van der Waals surface area contributed by atoms with E-state index in [2.05, 4.69) is 5.32 Å². The topological polar surface area (TPSA) is 85.2 Å². The number of hydrogen-bond donors (Lipinski definition) is 3. The highest BCUT2D eigenvalue weighted by Gasteiger charge is 2.41. The van der Waals surface area contributed by atoms with E-state index in [-0.39, 0.29) is 23.4 Å². The monoisotopic (exact) mass is 379 g/mol. The second-order valence-electron chi connectivity index (χ2n) is 7.57. The normalized spacial score (nSPS) is 21.4. The molecule has 146 valence electrons. The summed E-state index contributed by atoms with van der Waals surface area (Å²) in [5.41, 5.74) is 1.84. The lowest BCUT2D eigenvalue weighted by molar-refractivity contribution is -0.130. The summed E-state index contributed by atoms with van der Waals surface area (Å²) in [4.78, 5) is 18.6. The van der Waals surface area contributed by atoms with Crippen molar-refractivity contribution in [3.8, 4) is 11.5 Å². The molecule has 0 saturated carbocycles. The maximum Gasteiger partial charge on any atom is 0.219 e. The Kier molecular flexibility index (Phi) is 4.81. The molecule has 2 aliphatic rings. The van der Waals surface area contributed by atoms with Gasteiger partial charge in [-0.15, -0.1) is 0 Å². The fourth-order valence-electron chi connectivity index (χ4n) is 4.21. The van der Waals surface area contributed by atoms with Gasteiger partial charge in [0.05, 0.1) is 0 Å². The molecular formula is C22H25N3O3. The predicted octanol–water partition coefficient (Wildman–Crippen LogP) is 2.96. The molecule has 6 nitrogen and oxygen atoms in total. The highest BCUT2D eigenvalue weighted by Crippen LogP contribution is 2.38. The first kappa shape index (κ1) is 18.5. The number of nitrogens with zero attached hydrogens (tertiary/aromatic N) is 2. The molecule has 6 heteroatoms. The van der Waals surface area contributed by atoms with E-state index in [4.69, 9.17) is 4.99 Å². The minimum atomic E-state index is -0.519. The molecule has 4 rings (SSSR count). The Morgan fingerprint density at radius 1 is 1.07 bits per heavy atom. The number of aliphatic imine (C=N–C) groups is 1. The average molecular weight is 379 g/mol. The van der Waals surface area contributed by atoms with Crippen molar-refractivity contribution in [2.24, 2.45) is 4.99 Å². The Bertz CT molecular complexity index is 917. The van der Waals surface area contributed by atoms with Crippen LogP contribution in [0.2, 0.25) is 0 Å². The summed E-state index contributed by atoms with van der Waals surface area (Å²) >= 11 is 0. The van der Waals surface area contributed by atoms with Crippen LogP contribution in [0.4, 0.5) is 0 Å². The van der Waals surface area contributed by atoms with Gasteiger partial charge in [0.2, 0.25) is 5.91 Å². The van der Waals surface area contributed by atoms with E-state index in [0.717, 1.165) is 16.8 Å². The molecule has 0 aliphatic carbocycles. The van der Waals surface area contributed by atoms with Gasteiger partial charge in [-0.25, -0.2) is 0 Å². The molecule has 2 aromatic carbocycles. The van der Waals surface area contributed by atoms with E-state index < -0.39 is 5.66 Å². The molecule has 2 aromatic rings. The van der Waals surface area contributed by atoms with Crippen molar-refractivity contribution >= 4 is 11.6 Å². The number of phenolic OH excluding ortho intramolecular Hbond substituents is 2. The SMILES string of the molecule is CC(=O)N1CCC2(CC1)N=C(c1ccccc1O)C[C@H](c1ccccc1O)N2. The number of para-hydroxylation sites is 2. The molecule has 1 spiro atoms. The molecule has 2 aliphatic heterocycles. The van der Waals surface area contributed by atoms with E-state index in [1.54, 1.807) is 31.2 Å². The second-order valence-corrected chi connectivity index (χ2v) is 7.57. The summed E-state index contributed by atoms with van der Waals surface area (Å²) in [7, 11) is 0. The molecule has 3 N–H and O–H groups in total. The molecule has 1 fully saturated rings. The van der Waals surface area contributed by atoms with Crippen molar-refractivity contribution in [3.05, 3.63) is 59.7 Å². The van der Waals surface area contributed by atoms with Gasteiger partial charge in [-0.1, -0.05) is 30.3 Å². The fraction of sp³-hybridized carbons (Fsp3) is 0.364. The first-order chi connectivity index (χ1) is 13.5. The third kappa shape index (κ3) is 3.47. The van der Waals surface area contributed by atoms with Crippen LogP contribution in [-0.2, 0) is 4.79 Å². The van der Waals surface area contributed by atoms with Gasteiger partial charge >= 0.3 is 0 Å². The van der Waals surface area contributed by atoms with Crippen LogP contribution in [0.15, 0.2) is 53.5 Å². The van der Waals surface area contributed by atoms with Crippen LogP contribution in [0.3, 0.4) is 0 Å². The molecule has 0 bridgehead atoms. The number of hydrogen-bond acceptors (Lipinski definition) is 5. The summed E-state index contributed by atoms with van der Waals surface area (Å²) in [6, 6.07) is 14.4. The van der Waals surface area contributed by atoms with Crippen molar-refractivity contribution in [2.75, 3.05) is 13.1 Å². The number of carbonyl (C=O) groups excluding carboxylic acids is 1. The van der Waals surface area contributed by atoms with Crippen LogP contribution >= 0.6 is 0 Å². The maximum absolute atomic E-state index is 11.7. The van der Waals surface area contributed by atoms with Gasteiger partial charge in [-0.05, 0) is 18.2 Å². The number of piperidine rings is 1. The first-order valence-corrected chi connectivity index (χ1v) is 9.66. The summed E-state index contributed by atoms with van der Waals surface area (Å²) < 4.78 is 0. The number of carbonyl (C=O) groups is 1. The highest BCUT2D eigenvalue weighted by molar-refractivity contribution is 6.03. The standard InChI is InChI=1S/C22H25N3O3/c1-15(26)25-12-10-22(11-13-25)23-18(16-6-2-4-8-20(16)27)14-19(24-22)17-7-3-5-9-21(17)28/h2-9,18,23,27-28H,10-14H2,1H3/t18-/m1/s1. The van der Waals surface area contributed by atoms with Crippen LogP contribution in [0.5, 0.6) is 11.5 Å². The molecule has 28 heavy (non-hydrogen) atoms. The van der Waals surface area contributed by atoms with Gasteiger partial charge < -0.3 is 15.1 Å². The fourth-order valence-corrected chi connectivity index (χ4v) is 4.21. The van der Waals surface area contributed by atoms with E-state index >= 15 is 0 Å². The highest BCUT2D eigenvalue weighted by atomic mass is 16.3. The molecule has 1 saturated heterocycles.